The van der Waals surface area contributed by atoms with E-state index in [-0.39, 0.29) is 5.38 Å². The van der Waals surface area contributed by atoms with Crippen molar-refractivity contribution in [1.82, 2.24) is 0 Å². The van der Waals surface area contributed by atoms with Crippen LogP contribution in [0.25, 0.3) is 0 Å². The highest BCUT2D eigenvalue weighted by atomic mass is 35.5. The first-order valence-corrected chi connectivity index (χ1v) is 7.27. The molecule has 1 aromatic carbocycles. The molecular weight excluding hydrogens is 248 g/mol. The Kier molecular flexibility index (Phi) is 4.64. The van der Waals surface area contributed by atoms with Crippen LogP contribution in [0, 0.1) is 6.92 Å². The molecule has 17 heavy (non-hydrogen) atoms. The molecule has 1 heterocycles. The molecule has 2 heteroatoms. The molecule has 0 spiro atoms. The average Bonchev–Trinajstić information content (AvgIpc) is 2.81. The third-order valence-corrected chi connectivity index (χ3v) is 4.14. The smallest absolute Gasteiger partial charge is 0.0387 e. The Bertz CT molecular complexity index is 430. The summed E-state index contributed by atoms with van der Waals surface area (Å²) in [5.41, 5.74) is 2.70. The Balaban J connectivity index is 1.79. The molecule has 0 aliphatic heterocycles. The summed E-state index contributed by atoms with van der Waals surface area (Å²) >= 11 is 8.15. The number of hydrogen-bond acceptors (Lipinski definition) is 1. The summed E-state index contributed by atoms with van der Waals surface area (Å²) in [6.45, 7) is 2.12. The fraction of sp³-hybridized carbons (Fsp3) is 0.333. The summed E-state index contributed by atoms with van der Waals surface area (Å²) in [6.07, 6.45) is 3.10. The van der Waals surface area contributed by atoms with Gasteiger partial charge in [-0.3, -0.25) is 0 Å². The third kappa shape index (κ3) is 4.18. The molecule has 0 saturated heterocycles. The summed E-state index contributed by atoms with van der Waals surface area (Å²) in [5.74, 6) is 0. The number of alkyl halides is 1. The van der Waals surface area contributed by atoms with Crippen molar-refractivity contribution in [1.29, 1.82) is 0 Å². The molecule has 0 bridgehead atoms. The lowest BCUT2D eigenvalue weighted by Gasteiger charge is -2.08. The van der Waals surface area contributed by atoms with Crippen molar-refractivity contribution in [2.24, 2.45) is 0 Å². The van der Waals surface area contributed by atoms with Crippen LogP contribution in [0.4, 0.5) is 0 Å². The molecule has 0 N–H and O–H groups in total. The van der Waals surface area contributed by atoms with Gasteiger partial charge in [0.05, 0.1) is 0 Å². The largest absolute Gasteiger partial charge is 0.149 e. The lowest BCUT2D eigenvalue weighted by molar-refractivity contribution is 0.749. The van der Waals surface area contributed by atoms with Gasteiger partial charge in [-0.25, -0.2) is 0 Å². The van der Waals surface area contributed by atoms with Gasteiger partial charge < -0.3 is 0 Å². The van der Waals surface area contributed by atoms with Crippen LogP contribution in [-0.4, -0.2) is 5.38 Å². The van der Waals surface area contributed by atoms with Crippen molar-refractivity contribution in [2.45, 2.75) is 31.6 Å². The number of hydrogen-bond donors (Lipinski definition) is 0. The van der Waals surface area contributed by atoms with Gasteiger partial charge in [0, 0.05) is 10.3 Å². The van der Waals surface area contributed by atoms with Crippen LogP contribution in [0.15, 0.2) is 41.8 Å². The van der Waals surface area contributed by atoms with E-state index in [0.717, 1.165) is 19.3 Å². The highest BCUT2D eigenvalue weighted by Crippen LogP contribution is 2.18. The molecule has 0 aliphatic carbocycles. The normalized spacial score (nSPS) is 12.6. The van der Waals surface area contributed by atoms with E-state index in [1.54, 1.807) is 11.3 Å². The van der Waals surface area contributed by atoms with Gasteiger partial charge in [0.25, 0.3) is 0 Å². The molecule has 1 atom stereocenters. The Hall–Kier alpha value is -0.790. The van der Waals surface area contributed by atoms with Crippen molar-refractivity contribution in [3.8, 4) is 0 Å². The average molecular weight is 265 g/mol. The van der Waals surface area contributed by atoms with E-state index < -0.39 is 0 Å². The monoisotopic (exact) mass is 264 g/mol. The zero-order valence-corrected chi connectivity index (χ0v) is 11.6. The molecular formula is C15H17ClS. The Labute approximate surface area is 112 Å². The number of aryl methyl sites for hydroxylation is 2. The van der Waals surface area contributed by atoms with E-state index >= 15 is 0 Å². The predicted molar refractivity (Wildman–Crippen MR) is 77.2 cm³/mol. The van der Waals surface area contributed by atoms with Crippen LogP contribution in [0.3, 0.4) is 0 Å². The van der Waals surface area contributed by atoms with E-state index in [0.29, 0.717) is 0 Å². The van der Waals surface area contributed by atoms with Gasteiger partial charge in [-0.1, -0.05) is 35.9 Å². The quantitative estimate of drug-likeness (QED) is 0.678. The van der Waals surface area contributed by atoms with Crippen LogP contribution >= 0.6 is 22.9 Å². The van der Waals surface area contributed by atoms with Gasteiger partial charge in [-0.15, -0.1) is 22.9 Å². The van der Waals surface area contributed by atoms with Crippen LogP contribution < -0.4 is 0 Å². The van der Waals surface area contributed by atoms with E-state index in [2.05, 4.69) is 48.7 Å². The summed E-state index contributed by atoms with van der Waals surface area (Å²) < 4.78 is 0. The zero-order chi connectivity index (χ0) is 12.1. The molecule has 1 unspecified atom stereocenters. The molecule has 0 amide bonds. The van der Waals surface area contributed by atoms with Gasteiger partial charge in [0.2, 0.25) is 0 Å². The Morgan fingerprint density at radius 3 is 2.59 bits per heavy atom. The number of thiophene rings is 1. The zero-order valence-electron chi connectivity index (χ0n) is 10.0. The second-order valence-electron chi connectivity index (χ2n) is 4.41. The molecule has 0 radical (unpaired) electrons. The lowest BCUT2D eigenvalue weighted by Crippen LogP contribution is -2.03. The molecule has 0 saturated carbocycles. The molecule has 0 nitrogen and oxygen atoms in total. The van der Waals surface area contributed by atoms with Crippen LogP contribution in [-0.2, 0) is 12.8 Å². The van der Waals surface area contributed by atoms with Gasteiger partial charge in [-0.05, 0) is 43.2 Å². The lowest BCUT2D eigenvalue weighted by atomic mass is 10.1. The fourth-order valence-electron chi connectivity index (χ4n) is 1.83. The molecule has 0 aliphatic rings. The molecule has 2 aromatic rings. The first kappa shape index (κ1) is 12.7. The Morgan fingerprint density at radius 1 is 1.18 bits per heavy atom. The third-order valence-electron chi connectivity index (χ3n) is 2.87. The summed E-state index contributed by atoms with van der Waals surface area (Å²) in [5, 5.41) is 2.36. The van der Waals surface area contributed by atoms with Crippen LogP contribution in [0.5, 0.6) is 0 Å². The number of rotatable bonds is 5. The van der Waals surface area contributed by atoms with Crippen molar-refractivity contribution in [2.75, 3.05) is 0 Å². The van der Waals surface area contributed by atoms with Gasteiger partial charge >= 0.3 is 0 Å². The van der Waals surface area contributed by atoms with Crippen molar-refractivity contribution < 1.29 is 0 Å². The minimum Gasteiger partial charge on any atom is -0.149 e. The second-order valence-corrected chi connectivity index (χ2v) is 6.05. The fourth-order valence-corrected chi connectivity index (χ4v) is 2.98. The minimum absolute atomic E-state index is 0.245. The first-order valence-electron chi connectivity index (χ1n) is 5.96. The maximum absolute atomic E-state index is 6.36. The minimum atomic E-state index is 0.245. The van der Waals surface area contributed by atoms with Crippen molar-refractivity contribution in [3.05, 3.63) is 57.8 Å². The highest BCUT2D eigenvalue weighted by molar-refractivity contribution is 7.09. The van der Waals surface area contributed by atoms with Gasteiger partial charge in [-0.2, -0.15) is 0 Å². The van der Waals surface area contributed by atoms with Crippen LogP contribution in [0.1, 0.15) is 22.4 Å². The number of halogens is 1. The molecule has 0 fully saturated rings. The maximum Gasteiger partial charge on any atom is 0.0387 e. The van der Waals surface area contributed by atoms with E-state index in [4.69, 9.17) is 11.6 Å². The van der Waals surface area contributed by atoms with E-state index in [9.17, 15) is 0 Å². The number of benzene rings is 1. The van der Waals surface area contributed by atoms with Crippen LogP contribution in [0.2, 0.25) is 0 Å². The summed E-state index contributed by atoms with van der Waals surface area (Å²) in [4.78, 5) is 1.38. The van der Waals surface area contributed by atoms with Gasteiger partial charge in [0.15, 0.2) is 0 Å². The topological polar surface area (TPSA) is 0 Å². The first-order chi connectivity index (χ1) is 8.24. The molecule has 90 valence electrons. The van der Waals surface area contributed by atoms with E-state index in [1.165, 1.54) is 16.0 Å². The van der Waals surface area contributed by atoms with E-state index in [1.807, 2.05) is 0 Å². The predicted octanol–water partition coefficient (Wildman–Crippen LogP) is 4.84. The molecule has 2 rings (SSSR count). The highest BCUT2D eigenvalue weighted by Gasteiger charge is 2.07. The van der Waals surface area contributed by atoms with Gasteiger partial charge in [0.1, 0.15) is 0 Å². The van der Waals surface area contributed by atoms with Crippen molar-refractivity contribution in [3.63, 3.8) is 0 Å². The standard InChI is InChI=1S/C15H17ClS/c1-12-4-6-13(7-5-12)8-9-14(16)11-15-3-2-10-17-15/h2-7,10,14H,8-9,11H2,1H3. The molecule has 1 aromatic heterocycles. The maximum atomic E-state index is 6.36. The van der Waals surface area contributed by atoms with Crippen molar-refractivity contribution >= 4 is 22.9 Å². The SMILES string of the molecule is Cc1ccc(CCC(Cl)Cc2cccs2)cc1. The second kappa shape index (κ2) is 6.23. The summed E-state index contributed by atoms with van der Waals surface area (Å²) in [6, 6.07) is 13.0. The Morgan fingerprint density at radius 2 is 1.94 bits per heavy atom. The summed E-state index contributed by atoms with van der Waals surface area (Å²) in [7, 11) is 0.